The van der Waals surface area contributed by atoms with E-state index >= 15 is 0 Å². The SMILES string of the molecule is C[C@@H]1O[C@H](CC(=O)O)C[C@@]23O[C@]12C(=O)c1c(O)cccc1C3=O. The van der Waals surface area contributed by atoms with Gasteiger partial charge >= 0.3 is 5.97 Å². The highest BCUT2D eigenvalue weighted by molar-refractivity contribution is 6.26. The Morgan fingerprint density at radius 3 is 2.78 bits per heavy atom. The molecule has 4 atom stereocenters. The number of benzene rings is 1. The molecule has 2 aliphatic heterocycles. The second-order valence-electron chi connectivity index (χ2n) is 6.22. The van der Waals surface area contributed by atoms with Crippen LogP contribution in [0.3, 0.4) is 0 Å². The summed E-state index contributed by atoms with van der Waals surface area (Å²) in [6.45, 7) is 1.59. The highest BCUT2D eigenvalue weighted by Gasteiger charge is 2.85. The third-order valence-electron chi connectivity index (χ3n) is 5.00. The van der Waals surface area contributed by atoms with E-state index < -0.39 is 40.9 Å². The Bertz CT molecular complexity index is 770. The van der Waals surface area contributed by atoms with E-state index in [0.29, 0.717) is 0 Å². The number of Topliss-reactive ketones (excluding diaryl/α,β-unsaturated/α-hetero) is 2. The fourth-order valence-corrected chi connectivity index (χ4v) is 4.02. The van der Waals surface area contributed by atoms with E-state index in [9.17, 15) is 19.5 Å². The molecule has 1 aromatic carbocycles. The lowest BCUT2D eigenvalue weighted by molar-refractivity contribution is -0.143. The van der Waals surface area contributed by atoms with Crippen LogP contribution < -0.4 is 0 Å². The molecule has 7 heteroatoms. The van der Waals surface area contributed by atoms with Gasteiger partial charge in [-0.05, 0) is 13.0 Å². The Morgan fingerprint density at radius 1 is 1.35 bits per heavy atom. The molecular weight excluding hydrogens is 304 g/mol. The Hall–Kier alpha value is -2.25. The fourth-order valence-electron chi connectivity index (χ4n) is 4.02. The van der Waals surface area contributed by atoms with Crippen molar-refractivity contribution in [1.82, 2.24) is 0 Å². The lowest BCUT2D eigenvalue weighted by Gasteiger charge is -2.36. The van der Waals surface area contributed by atoms with Crippen LogP contribution in [0.25, 0.3) is 0 Å². The molecule has 0 aromatic heterocycles. The number of carbonyl (C=O) groups excluding carboxylic acids is 2. The van der Waals surface area contributed by atoms with E-state index in [0.717, 1.165) is 0 Å². The third kappa shape index (κ3) is 1.53. The van der Waals surface area contributed by atoms with Crippen molar-refractivity contribution >= 4 is 17.5 Å². The Kier molecular flexibility index (Phi) is 2.61. The normalized spacial score (nSPS) is 37.6. The van der Waals surface area contributed by atoms with Crippen molar-refractivity contribution in [2.75, 3.05) is 0 Å². The van der Waals surface area contributed by atoms with Crippen LogP contribution in [0.15, 0.2) is 18.2 Å². The summed E-state index contributed by atoms with van der Waals surface area (Å²) in [7, 11) is 0. The Morgan fingerprint density at radius 2 is 2.09 bits per heavy atom. The number of carboxylic acids is 1. The lowest BCUT2D eigenvalue weighted by Crippen LogP contribution is -2.57. The van der Waals surface area contributed by atoms with Crippen LogP contribution >= 0.6 is 0 Å². The zero-order chi connectivity index (χ0) is 16.6. The number of ether oxygens (including phenoxy) is 2. The first-order valence-electron chi connectivity index (χ1n) is 7.32. The summed E-state index contributed by atoms with van der Waals surface area (Å²) < 4.78 is 11.3. The highest BCUT2D eigenvalue weighted by atomic mass is 16.7. The Labute approximate surface area is 130 Å². The number of carbonyl (C=O) groups is 3. The number of aliphatic carboxylic acids is 1. The van der Waals surface area contributed by atoms with Gasteiger partial charge in [0.05, 0.1) is 24.2 Å². The second-order valence-corrected chi connectivity index (χ2v) is 6.22. The fraction of sp³-hybridized carbons (Fsp3) is 0.438. The van der Waals surface area contributed by atoms with E-state index in [-0.39, 0.29) is 29.7 Å². The van der Waals surface area contributed by atoms with Gasteiger partial charge in [0.25, 0.3) is 0 Å². The van der Waals surface area contributed by atoms with Crippen LogP contribution in [-0.4, -0.2) is 51.2 Å². The summed E-state index contributed by atoms with van der Waals surface area (Å²) in [5.41, 5.74) is -2.75. The molecule has 2 fully saturated rings. The smallest absolute Gasteiger partial charge is 0.305 e. The second kappa shape index (κ2) is 4.18. The van der Waals surface area contributed by atoms with Gasteiger partial charge in [-0.2, -0.15) is 0 Å². The largest absolute Gasteiger partial charge is 0.507 e. The third-order valence-corrected chi connectivity index (χ3v) is 5.00. The first-order chi connectivity index (χ1) is 10.8. The van der Waals surface area contributed by atoms with Crippen molar-refractivity contribution < 1.29 is 34.1 Å². The molecule has 0 spiro atoms. The maximum Gasteiger partial charge on any atom is 0.305 e. The van der Waals surface area contributed by atoms with Gasteiger partial charge in [0, 0.05) is 12.0 Å². The minimum atomic E-state index is -1.45. The van der Waals surface area contributed by atoms with Crippen molar-refractivity contribution in [3.05, 3.63) is 29.3 Å². The van der Waals surface area contributed by atoms with Crippen molar-refractivity contribution in [3.63, 3.8) is 0 Å². The van der Waals surface area contributed by atoms with E-state index in [2.05, 4.69) is 0 Å². The number of phenols is 1. The lowest BCUT2D eigenvalue weighted by atomic mass is 9.68. The molecule has 4 rings (SSSR count). The minimum Gasteiger partial charge on any atom is -0.507 e. The summed E-state index contributed by atoms with van der Waals surface area (Å²) >= 11 is 0. The minimum absolute atomic E-state index is 0.0172. The summed E-state index contributed by atoms with van der Waals surface area (Å²) in [5.74, 6) is -2.18. The highest BCUT2D eigenvalue weighted by Crippen LogP contribution is 2.63. The standard InChI is InChI=1S/C16H14O7/c1-7-16-14(21)12-9(3-2-4-10(12)17)13(20)15(16,23-16)6-8(22-7)5-11(18)19/h2-4,7-8,17H,5-6H2,1H3,(H,18,19)/t7-,8+,15-,16-/m0/s1. The van der Waals surface area contributed by atoms with Crippen molar-refractivity contribution in [1.29, 1.82) is 0 Å². The molecule has 120 valence electrons. The van der Waals surface area contributed by atoms with E-state index in [1.807, 2.05) is 0 Å². The predicted molar refractivity (Wildman–Crippen MR) is 74.5 cm³/mol. The molecule has 2 saturated heterocycles. The van der Waals surface area contributed by atoms with Gasteiger partial charge in [0.1, 0.15) is 5.75 Å². The van der Waals surface area contributed by atoms with E-state index in [1.165, 1.54) is 18.2 Å². The zero-order valence-corrected chi connectivity index (χ0v) is 12.2. The van der Waals surface area contributed by atoms with Gasteiger partial charge < -0.3 is 19.7 Å². The molecule has 3 aliphatic rings. The molecule has 2 heterocycles. The molecule has 0 radical (unpaired) electrons. The maximum absolute atomic E-state index is 12.9. The number of fused-ring (bicyclic) bond motifs is 1. The van der Waals surface area contributed by atoms with Crippen LogP contribution in [-0.2, 0) is 14.3 Å². The zero-order valence-electron chi connectivity index (χ0n) is 12.2. The van der Waals surface area contributed by atoms with Crippen molar-refractivity contribution in [2.24, 2.45) is 0 Å². The quantitative estimate of drug-likeness (QED) is 0.780. The number of hydrogen-bond acceptors (Lipinski definition) is 6. The predicted octanol–water partition coefficient (Wildman–Crippen LogP) is 0.931. The van der Waals surface area contributed by atoms with E-state index in [1.54, 1.807) is 6.92 Å². The van der Waals surface area contributed by atoms with Gasteiger partial charge in [-0.1, -0.05) is 12.1 Å². The molecule has 1 aromatic rings. The van der Waals surface area contributed by atoms with Crippen LogP contribution in [0.1, 0.15) is 40.5 Å². The Balaban J connectivity index is 1.83. The molecule has 0 amide bonds. The first-order valence-corrected chi connectivity index (χ1v) is 7.32. The van der Waals surface area contributed by atoms with Gasteiger partial charge in [-0.3, -0.25) is 14.4 Å². The molecule has 23 heavy (non-hydrogen) atoms. The summed E-state index contributed by atoms with van der Waals surface area (Å²) in [6, 6.07) is 4.31. The molecule has 1 aliphatic carbocycles. The van der Waals surface area contributed by atoms with Crippen molar-refractivity contribution in [3.8, 4) is 5.75 Å². The number of carboxylic acid groups (broad SMARTS) is 1. The average molecular weight is 318 g/mol. The van der Waals surface area contributed by atoms with Gasteiger partial charge in [-0.25, -0.2) is 0 Å². The maximum atomic E-state index is 12.9. The topological polar surface area (TPSA) is 113 Å². The van der Waals surface area contributed by atoms with Gasteiger partial charge in [-0.15, -0.1) is 0 Å². The molecule has 2 N–H and O–H groups in total. The molecule has 7 nitrogen and oxygen atoms in total. The number of epoxide rings is 1. The summed E-state index contributed by atoms with van der Waals surface area (Å²) in [6.07, 6.45) is -1.72. The number of ketones is 2. The number of phenolic OH excluding ortho intramolecular Hbond substituents is 1. The molecule has 0 saturated carbocycles. The van der Waals surface area contributed by atoms with E-state index in [4.69, 9.17) is 14.6 Å². The van der Waals surface area contributed by atoms with Crippen LogP contribution in [0.4, 0.5) is 0 Å². The van der Waals surface area contributed by atoms with Gasteiger partial charge in [0.2, 0.25) is 5.78 Å². The molecule has 0 unspecified atom stereocenters. The van der Waals surface area contributed by atoms with Crippen LogP contribution in [0.2, 0.25) is 0 Å². The number of aromatic hydroxyl groups is 1. The number of rotatable bonds is 2. The summed E-state index contributed by atoms with van der Waals surface area (Å²) in [5, 5.41) is 18.9. The van der Waals surface area contributed by atoms with Crippen LogP contribution in [0.5, 0.6) is 5.75 Å². The van der Waals surface area contributed by atoms with Gasteiger partial charge in [0.15, 0.2) is 17.0 Å². The monoisotopic (exact) mass is 318 g/mol. The average Bonchev–Trinajstić information content (AvgIpc) is 3.17. The first kappa shape index (κ1) is 14.3. The van der Waals surface area contributed by atoms with Crippen molar-refractivity contribution in [2.45, 2.75) is 43.2 Å². The number of hydrogen-bond donors (Lipinski definition) is 2. The molecule has 0 bridgehead atoms. The summed E-state index contributed by atoms with van der Waals surface area (Å²) in [4.78, 5) is 36.7. The van der Waals surface area contributed by atoms with Crippen LogP contribution in [0, 0.1) is 0 Å². The molecular formula is C16H14O7.